The van der Waals surface area contributed by atoms with Crippen LogP contribution in [0.5, 0.6) is 0 Å². The van der Waals surface area contributed by atoms with E-state index in [1.165, 1.54) is 0 Å². The van der Waals surface area contributed by atoms with E-state index >= 15 is 0 Å². The quantitative estimate of drug-likeness (QED) is 0.577. The number of fused-ring (bicyclic) bond motifs is 1. The van der Waals surface area contributed by atoms with Gasteiger partial charge in [0.2, 0.25) is 0 Å². The maximum Gasteiger partial charge on any atom is 0.326 e. The Morgan fingerprint density at radius 1 is 1.41 bits per heavy atom. The van der Waals surface area contributed by atoms with Crippen molar-refractivity contribution in [1.29, 1.82) is 0 Å². The van der Waals surface area contributed by atoms with Gasteiger partial charge in [-0.05, 0) is 5.56 Å². The molecule has 0 spiro atoms. The molecule has 2 saturated heterocycles. The molecule has 1 aromatic carbocycles. The molecule has 6 nitrogen and oxygen atoms in total. The molecular formula is C11H12N2O4. The first kappa shape index (κ1) is 10.6. The van der Waals surface area contributed by atoms with Crippen LogP contribution in [-0.4, -0.2) is 22.4 Å². The molecule has 2 unspecified atom stereocenters. The summed E-state index contributed by atoms with van der Waals surface area (Å²) in [5, 5.41) is 12.3. The molecule has 2 fully saturated rings. The van der Waals surface area contributed by atoms with Gasteiger partial charge in [-0.3, -0.25) is 19.8 Å². The monoisotopic (exact) mass is 236 g/mol. The van der Waals surface area contributed by atoms with Crippen LogP contribution in [0.3, 0.4) is 0 Å². The lowest BCUT2D eigenvalue weighted by Gasteiger charge is -2.16. The molecule has 0 saturated carbocycles. The van der Waals surface area contributed by atoms with Crippen LogP contribution in [0.1, 0.15) is 24.5 Å². The van der Waals surface area contributed by atoms with Crippen LogP contribution in [0.25, 0.3) is 0 Å². The van der Waals surface area contributed by atoms with E-state index in [0.717, 1.165) is 10.8 Å². The summed E-state index contributed by atoms with van der Waals surface area (Å²) in [7, 11) is 0. The summed E-state index contributed by atoms with van der Waals surface area (Å²) in [5.74, 6) is 0. The summed E-state index contributed by atoms with van der Waals surface area (Å²) >= 11 is 0. The van der Waals surface area contributed by atoms with Crippen molar-refractivity contribution in [2.24, 2.45) is 0 Å². The Labute approximate surface area is 97.8 Å². The SMILES string of the molecule is O=[N+]([O-])C12CCON1OC(c1ccccc1)C2. The Bertz CT molecular complexity index is 438. The molecule has 3 rings (SSSR count). The van der Waals surface area contributed by atoms with E-state index in [-0.39, 0.29) is 11.0 Å². The molecule has 2 heterocycles. The standard InChI is InChI=1S/C11H12N2O4/c14-12(15)11-6-7-16-13(11)17-10(8-11)9-4-2-1-3-5-9/h1-5,10H,6-8H2. The smallest absolute Gasteiger partial charge is 0.268 e. The Balaban J connectivity index is 1.88. The molecule has 1 aromatic rings. The van der Waals surface area contributed by atoms with Crippen molar-refractivity contribution >= 4 is 0 Å². The summed E-state index contributed by atoms with van der Waals surface area (Å²) in [5.41, 5.74) is -0.271. The molecule has 0 N–H and O–H groups in total. The van der Waals surface area contributed by atoms with Crippen LogP contribution < -0.4 is 0 Å². The largest absolute Gasteiger partial charge is 0.326 e. The first-order valence-electron chi connectivity index (χ1n) is 5.52. The van der Waals surface area contributed by atoms with Crippen LogP contribution in [0.4, 0.5) is 0 Å². The topological polar surface area (TPSA) is 64.8 Å². The van der Waals surface area contributed by atoms with Gasteiger partial charge in [0, 0.05) is 10.1 Å². The Hall–Kier alpha value is -1.50. The molecule has 17 heavy (non-hydrogen) atoms. The zero-order valence-electron chi connectivity index (χ0n) is 9.11. The minimum Gasteiger partial charge on any atom is -0.268 e. The number of benzene rings is 1. The van der Waals surface area contributed by atoms with Gasteiger partial charge < -0.3 is 0 Å². The molecule has 2 atom stereocenters. The van der Waals surface area contributed by atoms with E-state index in [4.69, 9.17) is 9.68 Å². The molecule has 0 bridgehead atoms. The molecule has 0 amide bonds. The lowest BCUT2D eigenvalue weighted by Crippen LogP contribution is -2.44. The number of hydrogen-bond donors (Lipinski definition) is 0. The first-order valence-corrected chi connectivity index (χ1v) is 5.52. The fourth-order valence-electron chi connectivity index (χ4n) is 2.34. The molecule has 0 aliphatic carbocycles. The lowest BCUT2D eigenvalue weighted by molar-refractivity contribution is -0.630. The van der Waals surface area contributed by atoms with Crippen molar-refractivity contribution < 1.29 is 14.6 Å². The zero-order chi connectivity index (χ0) is 11.9. The van der Waals surface area contributed by atoms with Crippen LogP contribution in [0.15, 0.2) is 30.3 Å². The molecule has 6 heteroatoms. The van der Waals surface area contributed by atoms with Crippen LogP contribution in [0, 0.1) is 10.1 Å². The number of hydrogen-bond acceptors (Lipinski definition) is 5. The number of hydroxylamine groups is 2. The third-order valence-corrected chi connectivity index (χ3v) is 3.30. The van der Waals surface area contributed by atoms with Gasteiger partial charge in [-0.25, -0.2) is 0 Å². The van der Waals surface area contributed by atoms with Gasteiger partial charge in [-0.1, -0.05) is 30.3 Å². The van der Waals surface area contributed by atoms with E-state index in [2.05, 4.69) is 0 Å². The van der Waals surface area contributed by atoms with Crippen LogP contribution in [-0.2, 0) is 9.68 Å². The van der Waals surface area contributed by atoms with Gasteiger partial charge in [0.15, 0.2) is 0 Å². The molecule has 0 aromatic heterocycles. The maximum atomic E-state index is 11.2. The summed E-state index contributed by atoms with van der Waals surface area (Å²) in [6, 6.07) is 9.49. The predicted molar refractivity (Wildman–Crippen MR) is 57.0 cm³/mol. The molecule has 0 radical (unpaired) electrons. The second-order valence-corrected chi connectivity index (χ2v) is 4.29. The highest BCUT2D eigenvalue weighted by molar-refractivity contribution is 5.18. The van der Waals surface area contributed by atoms with Crippen molar-refractivity contribution in [3.63, 3.8) is 0 Å². The fourth-order valence-corrected chi connectivity index (χ4v) is 2.34. The predicted octanol–water partition coefficient (Wildman–Crippen LogP) is 1.67. The average Bonchev–Trinajstić information content (AvgIpc) is 2.87. The van der Waals surface area contributed by atoms with E-state index < -0.39 is 5.66 Å². The van der Waals surface area contributed by atoms with Crippen molar-refractivity contribution in [1.82, 2.24) is 5.23 Å². The Morgan fingerprint density at radius 3 is 2.82 bits per heavy atom. The van der Waals surface area contributed by atoms with E-state index in [1.54, 1.807) is 0 Å². The lowest BCUT2D eigenvalue weighted by atomic mass is 9.97. The van der Waals surface area contributed by atoms with Gasteiger partial charge in [0.1, 0.15) is 6.10 Å². The minimum absolute atomic E-state index is 0.303. The summed E-state index contributed by atoms with van der Waals surface area (Å²) < 4.78 is 0. The Morgan fingerprint density at radius 2 is 2.18 bits per heavy atom. The van der Waals surface area contributed by atoms with E-state index in [1.807, 2.05) is 30.3 Å². The van der Waals surface area contributed by atoms with Crippen molar-refractivity contribution in [2.75, 3.05) is 6.61 Å². The Kier molecular flexibility index (Phi) is 2.36. The van der Waals surface area contributed by atoms with Gasteiger partial charge in [0.05, 0.1) is 19.4 Å². The van der Waals surface area contributed by atoms with Gasteiger partial charge in [-0.2, -0.15) is 0 Å². The highest BCUT2D eigenvalue weighted by atomic mass is 17.0. The van der Waals surface area contributed by atoms with Crippen molar-refractivity contribution in [3.05, 3.63) is 46.0 Å². The first-order chi connectivity index (χ1) is 8.22. The molecule has 2 aliphatic heterocycles. The van der Waals surface area contributed by atoms with E-state index in [9.17, 15) is 10.1 Å². The van der Waals surface area contributed by atoms with Gasteiger partial charge in [-0.15, -0.1) is 0 Å². The summed E-state index contributed by atoms with van der Waals surface area (Å²) in [6.45, 7) is 0.336. The van der Waals surface area contributed by atoms with Crippen molar-refractivity contribution in [3.8, 4) is 0 Å². The summed E-state index contributed by atoms with van der Waals surface area (Å²) in [6.07, 6.45) is 0.384. The van der Waals surface area contributed by atoms with Crippen LogP contribution >= 0.6 is 0 Å². The molecule has 90 valence electrons. The van der Waals surface area contributed by atoms with Crippen LogP contribution in [0.2, 0.25) is 0 Å². The second-order valence-electron chi connectivity index (χ2n) is 4.29. The highest BCUT2D eigenvalue weighted by Gasteiger charge is 2.62. The zero-order valence-corrected chi connectivity index (χ0v) is 9.11. The van der Waals surface area contributed by atoms with Gasteiger partial charge in [0.25, 0.3) is 0 Å². The third kappa shape index (κ3) is 1.53. The molecular weight excluding hydrogens is 224 g/mol. The maximum absolute atomic E-state index is 11.2. The second kappa shape index (κ2) is 3.76. The third-order valence-electron chi connectivity index (χ3n) is 3.30. The number of nitro groups is 1. The van der Waals surface area contributed by atoms with Crippen molar-refractivity contribution in [2.45, 2.75) is 24.6 Å². The normalized spacial score (nSPS) is 32.6. The molecule has 2 aliphatic rings. The highest BCUT2D eigenvalue weighted by Crippen LogP contribution is 2.45. The number of nitrogens with zero attached hydrogens (tertiary/aromatic N) is 2. The fraction of sp³-hybridized carbons (Fsp3) is 0.455. The minimum atomic E-state index is -1.21. The van der Waals surface area contributed by atoms with Gasteiger partial charge >= 0.3 is 5.66 Å². The average molecular weight is 236 g/mol. The summed E-state index contributed by atoms with van der Waals surface area (Å²) in [4.78, 5) is 21.6. The number of rotatable bonds is 2. The van der Waals surface area contributed by atoms with E-state index in [0.29, 0.717) is 19.4 Å².